The van der Waals surface area contributed by atoms with Crippen molar-refractivity contribution in [3.05, 3.63) is 56.5 Å². The van der Waals surface area contributed by atoms with Gasteiger partial charge in [0, 0.05) is 27.2 Å². The number of rotatable bonds is 2. The zero-order chi connectivity index (χ0) is 15.0. The molecular weight excluding hydrogens is 388 g/mol. The molecule has 0 unspecified atom stereocenters. The SMILES string of the molecule is C#CCC1(CC#C)c2cc(Br)ccc2-c2ccc(Br)cc21. The molecule has 0 saturated carbocycles. The van der Waals surface area contributed by atoms with Gasteiger partial charge in [-0.3, -0.25) is 0 Å². The zero-order valence-corrected chi connectivity index (χ0v) is 14.5. The van der Waals surface area contributed by atoms with Crippen LogP contribution in [0.2, 0.25) is 0 Å². The van der Waals surface area contributed by atoms with Gasteiger partial charge in [0.25, 0.3) is 0 Å². The van der Waals surface area contributed by atoms with Gasteiger partial charge >= 0.3 is 0 Å². The molecule has 0 aromatic heterocycles. The second kappa shape index (κ2) is 5.38. The summed E-state index contributed by atoms with van der Waals surface area (Å²) in [7, 11) is 0. The van der Waals surface area contributed by atoms with Crippen molar-refractivity contribution >= 4 is 31.9 Å². The van der Waals surface area contributed by atoms with Crippen LogP contribution in [0.5, 0.6) is 0 Å². The third-order valence-corrected chi connectivity index (χ3v) is 5.08. The molecule has 2 aromatic rings. The van der Waals surface area contributed by atoms with Gasteiger partial charge in [0.15, 0.2) is 0 Å². The Morgan fingerprint density at radius 3 is 1.62 bits per heavy atom. The van der Waals surface area contributed by atoms with Gasteiger partial charge in [0.2, 0.25) is 0 Å². The third-order valence-electron chi connectivity index (χ3n) is 4.09. The average Bonchev–Trinajstić information content (AvgIpc) is 2.70. The van der Waals surface area contributed by atoms with E-state index < -0.39 is 0 Å². The second-order valence-corrected chi connectivity index (χ2v) is 7.06. The lowest BCUT2D eigenvalue weighted by Crippen LogP contribution is -2.24. The molecular formula is C19H12Br2. The number of hydrogen-bond donors (Lipinski definition) is 0. The predicted octanol–water partition coefficient (Wildman–Crippen LogP) is 5.52. The van der Waals surface area contributed by atoms with Crippen molar-refractivity contribution in [2.24, 2.45) is 0 Å². The lowest BCUT2D eigenvalue weighted by atomic mass is 9.73. The molecule has 0 amide bonds. The molecule has 0 heterocycles. The molecule has 0 nitrogen and oxygen atoms in total. The van der Waals surface area contributed by atoms with E-state index in [2.05, 4.69) is 80.1 Å². The Balaban J connectivity index is 2.39. The van der Waals surface area contributed by atoms with E-state index in [0.717, 1.165) is 8.95 Å². The van der Waals surface area contributed by atoms with Crippen LogP contribution >= 0.6 is 31.9 Å². The van der Waals surface area contributed by atoms with E-state index >= 15 is 0 Å². The van der Waals surface area contributed by atoms with Crippen LogP contribution in [0.3, 0.4) is 0 Å². The van der Waals surface area contributed by atoms with Gasteiger partial charge in [-0.15, -0.1) is 24.7 Å². The van der Waals surface area contributed by atoms with Crippen molar-refractivity contribution in [2.45, 2.75) is 18.3 Å². The maximum absolute atomic E-state index is 5.67. The van der Waals surface area contributed by atoms with E-state index in [1.165, 1.54) is 22.3 Å². The molecule has 3 rings (SSSR count). The normalized spacial score (nSPS) is 13.9. The van der Waals surface area contributed by atoms with Crippen LogP contribution < -0.4 is 0 Å². The summed E-state index contributed by atoms with van der Waals surface area (Å²) >= 11 is 7.13. The van der Waals surface area contributed by atoms with E-state index in [1.807, 2.05) is 0 Å². The van der Waals surface area contributed by atoms with Crippen LogP contribution in [-0.2, 0) is 5.41 Å². The van der Waals surface area contributed by atoms with Crippen LogP contribution in [0, 0.1) is 24.7 Å². The van der Waals surface area contributed by atoms with Gasteiger partial charge in [-0.2, -0.15) is 0 Å². The smallest absolute Gasteiger partial charge is 0.0433 e. The monoisotopic (exact) mass is 398 g/mol. The molecule has 1 aliphatic carbocycles. The highest BCUT2D eigenvalue weighted by Gasteiger charge is 2.42. The Kier molecular flexibility index (Phi) is 3.70. The van der Waals surface area contributed by atoms with Crippen LogP contribution in [-0.4, -0.2) is 0 Å². The Hall–Kier alpha value is -1.48. The fraction of sp³-hybridized carbons (Fsp3) is 0.158. The summed E-state index contributed by atoms with van der Waals surface area (Å²) < 4.78 is 2.10. The van der Waals surface area contributed by atoms with Crippen LogP contribution in [0.25, 0.3) is 11.1 Å². The first-order chi connectivity index (χ1) is 10.1. The van der Waals surface area contributed by atoms with Crippen LogP contribution in [0.1, 0.15) is 24.0 Å². The first kappa shape index (κ1) is 14.5. The van der Waals surface area contributed by atoms with E-state index in [1.54, 1.807) is 0 Å². The molecule has 2 heteroatoms. The van der Waals surface area contributed by atoms with E-state index in [4.69, 9.17) is 12.8 Å². The maximum Gasteiger partial charge on any atom is 0.0433 e. The summed E-state index contributed by atoms with van der Waals surface area (Å²) in [6.07, 6.45) is 12.5. The summed E-state index contributed by atoms with van der Waals surface area (Å²) in [5.74, 6) is 5.66. The van der Waals surface area contributed by atoms with E-state index in [0.29, 0.717) is 12.8 Å². The number of hydrogen-bond acceptors (Lipinski definition) is 0. The van der Waals surface area contributed by atoms with Gasteiger partial charge in [0.05, 0.1) is 0 Å². The number of halogens is 2. The third kappa shape index (κ3) is 2.15. The van der Waals surface area contributed by atoms with Gasteiger partial charge in [-0.25, -0.2) is 0 Å². The fourth-order valence-electron chi connectivity index (χ4n) is 3.23. The predicted molar refractivity (Wildman–Crippen MR) is 95.0 cm³/mol. The molecule has 0 atom stereocenters. The lowest BCUT2D eigenvalue weighted by Gasteiger charge is -2.28. The van der Waals surface area contributed by atoms with E-state index in [9.17, 15) is 0 Å². The summed E-state index contributed by atoms with van der Waals surface area (Å²) in [4.78, 5) is 0. The molecule has 0 bridgehead atoms. The Labute approximate surface area is 142 Å². The van der Waals surface area contributed by atoms with Gasteiger partial charge in [0.1, 0.15) is 0 Å². The Morgan fingerprint density at radius 1 is 0.810 bits per heavy atom. The summed E-state index contributed by atoms with van der Waals surface area (Å²) in [5.41, 5.74) is 4.61. The van der Waals surface area contributed by atoms with Gasteiger partial charge in [-0.1, -0.05) is 44.0 Å². The topological polar surface area (TPSA) is 0 Å². The highest BCUT2D eigenvalue weighted by Crippen LogP contribution is 2.53. The summed E-state index contributed by atoms with van der Waals surface area (Å²) in [6.45, 7) is 0. The summed E-state index contributed by atoms with van der Waals surface area (Å²) in [5, 5.41) is 0. The minimum absolute atomic E-state index is 0.290. The standard InChI is InChI=1S/C19H12Br2/c1-3-9-19(10-4-2)17-11-13(20)5-7-15(17)16-8-6-14(21)12-18(16)19/h1-2,5-8,11-12H,9-10H2. The summed E-state index contributed by atoms with van der Waals surface area (Å²) in [6, 6.07) is 12.7. The molecule has 0 spiro atoms. The fourth-order valence-corrected chi connectivity index (χ4v) is 3.95. The second-order valence-electron chi connectivity index (χ2n) is 5.22. The van der Waals surface area contributed by atoms with Crippen LogP contribution in [0.15, 0.2) is 45.3 Å². The van der Waals surface area contributed by atoms with Crippen molar-refractivity contribution in [1.82, 2.24) is 0 Å². The maximum atomic E-state index is 5.67. The molecule has 102 valence electrons. The molecule has 0 radical (unpaired) electrons. The number of terminal acetylenes is 2. The highest BCUT2D eigenvalue weighted by atomic mass is 79.9. The zero-order valence-electron chi connectivity index (χ0n) is 11.3. The first-order valence-corrected chi connectivity index (χ1v) is 8.18. The average molecular weight is 400 g/mol. The van der Waals surface area contributed by atoms with Crippen molar-refractivity contribution in [3.63, 3.8) is 0 Å². The van der Waals surface area contributed by atoms with Crippen molar-refractivity contribution in [3.8, 4) is 35.8 Å². The van der Waals surface area contributed by atoms with Crippen LogP contribution in [0.4, 0.5) is 0 Å². The Morgan fingerprint density at radius 2 is 1.24 bits per heavy atom. The van der Waals surface area contributed by atoms with E-state index in [-0.39, 0.29) is 5.41 Å². The molecule has 0 fully saturated rings. The molecule has 0 aliphatic heterocycles. The molecule has 1 aliphatic rings. The van der Waals surface area contributed by atoms with Gasteiger partial charge in [-0.05, 0) is 46.5 Å². The van der Waals surface area contributed by atoms with Crippen molar-refractivity contribution in [1.29, 1.82) is 0 Å². The molecule has 0 N–H and O–H groups in total. The highest BCUT2D eigenvalue weighted by molar-refractivity contribution is 9.10. The molecule has 21 heavy (non-hydrogen) atoms. The lowest BCUT2D eigenvalue weighted by molar-refractivity contribution is 0.559. The minimum atomic E-state index is -0.290. The minimum Gasteiger partial charge on any atom is -0.120 e. The van der Waals surface area contributed by atoms with Crippen molar-refractivity contribution < 1.29 is 0 Å². The molecule has 0 saturated heterocycles. The Bertz CT molecular complexity index is 734. The first-order valence-electron chi connectivity index (χ1n) is 6.60. The largest absolute Gasteiger partial charge is 0.120 e. The quantitative estimate of drug-likeness (QED) is 0.583. The molecule has 2 aromatic carbocycles. The number of benzene rings is 2. The van der Waals surface area contributed by atoms with Gasteiger partial charge < -0.3 is 0 Å². The number of fused-ring (bicyclic) bond motifs is 3. The van der Waals surface area contributed by atoms with Crippen molar-refractivity contribution in [2.75, 3.05) is 0 Å².